The fourth-order valence-electron chi connectivity index (χ4n) is 1.95. The molecule has 0 aliphatic carbocycles. The van der Waals surface area contributed by atoms with Gasteiger partial charge in [0.15, 0.2) is 5.82 Å². The molecule has 0 spiro atoms. The predicted molar refractivity (Wildman–Crippen MR) is 90.3 cm³/mol. The number of carbonyl (C=O) groups is 1. The van der Waals surface area contributed by atoms with Crippen LogP contribution >= 0.6 is 23.1 Å². The van der Waals surface area contributed by atoms with Crippen molar-refractivity contribution in [2.45, 2.75) is 0 Å². The van der Waals surface area contributed by atoms with Crippen LogP contribution in [-0.4, -0.2) is 17.5 Å². The minimum Gasteiger partial charge on any atom is -0.497 e. The van der Waals surface area contributed by atoms with Crippen LogP contribution in [0.1, 0.15) is 0 Å². The van der Waals surface area contributed by atoms with Crippen molar-refractivity contribution in [1.29, 1.82) is 0 Å². The number of amides is 2. The SMILES string of the molecule is COc1ccc(NC(=O)Nc2nsc3ccc(Cl)cc23)cc1. The average molecular weight is 334 g/mol. The summed E-state index contributed by atoms with van der Waals surface area (Å²) in [7, 11) is 1.59. The molecule has 0 radical (unpaired) electrons. The van der Waals surface area contributed by atoms with E-state index in [9.17, 15) is 4.79 Å². The minimum atomic E-state index is -0.364. The summed E-state index contributed by atoms with van der Waals surface area (Å²) in [5.41, 5.74) is 0.663. The lowest BCUT2D eigenvalue weighted by Gasteiger charge is -2.07. The molecule has 1 heterocycles. The number of hydrogen-bond donors (Lipinski definition) is 2. The second kappa shape index (κ2) is 6.21. The second-order valence-electron chi connectivity index (χ2n) is 4.48. The fraction of sp³-hybridized carbons (Fsp3) is 0.0667. The van der Waals surface area contributed by atoms with Crippen molar-refractivity contribution in [3.05, 3.63) is 47.5 Å². The third kappa shape index (κ3) is 3.13. The normalized spacial score (nSPS) is 10.5. The average Bonchev–Trinajstić information content (AvgIpc) is 2.90. The van der Waals surface area contributed by atoms with Gasteiger partial charge in [-0.1, -0.05) is 11.6 Å². The summed E-state index contributed by atoms with van der Waals surface area (Å²) in [6, 6.07) is 12.1. The van der Waals surface area contributed by atoms with Gasteiger partial charge in [0, 0.05) is 16.1 Å². The number of fused-ring (bicyclic) bond motifs is 1. The van der Waals surface area contributed by atoms with E-state index in [1.165, 1.54) is 11.5 Å². The van der Waals surface area contributed by atoms with Crippen molar-refractivity contribution in [2.24, 2.45) is 0 Å². The number of anilines is 2. The summed E-state index contributed by atoms with van der Waals surface area (Å²) >= 11 is 7.29. The predicted octanol–water partition coefficient (Wildman–Crippen LogP) is 4.60. The summed E-state index contributed by atoms with van der Waals surface area (Å²) in [6.07, 6.45) is 0. The zero-order valence-corrected chi connectivity index (χ0v) is 13.2. The molecule has 0 atom stereocenters. The molecule has 0 saturated carbocycles. The third-order valence-corrected chi connectivity index (χ3v) is 4.07. The maximum absolute atomic E-state index is 12.0. The molecule has 2 aromatic carbocycles. The van der Waals surface area contributed by atoms with Gasteiger partial charge >= 0.3 is 6.03 Å². The topological polar surface area (TPSA) is 63.2 Å². The van der Waals surface area contributed by atoms with Gasteiger partial charge in [-0.2, -0.15) is 4.37 Å². The molecule has 7 heteroatoms. The van der Waals surface area contributed by atoms with Crippen LogP contribution in [0, 0.1) is 0 Å². The first-order valence-corrected chi connectivity index (χ1v) is 7.58. The number of halogens is 1. The summed E-state index contributed by atoms with van der Waals surface area (Å²) in [6.45, 7) is 0. The van der Waals surface area contributed by atoms with E-state index in [0.29, 0.717) is 16.5 Å². The first kappa shape index (κ1) is 14.6. The molecule has 2 N–H and O–H groups in total. The Labute approximate surface area is 136 Å². The van der Waals surface area contributed by atoms with Crippen LogP contribution in [0.25, 0.3) is 10.1 Å². The van der Waals surface area contributed by atoms with Crippen LogP contribution in [0.5, 0.6) is 5.75 Å². The van der Waals surface area contributed by atoms with Gasteiger partial charge in [-0.15, -0.1) is 0 Å². The van der Waals surface area contributed by atoms with Crippen LogP contribution in [0.3, 0.4) is 0 Å². The molecule has 0 bridgehead atoms. The molecule has 2 amide bonds. The molecule has 5 nitrogen and oxygen atoms in total. The second-order valence-corrected chi connectivity index (χ2v) is 5.72. The Balaban J connectivity index is 1.73. The number of hydrogen-bond acceptors (Lipinski definition) is 4. The molecule has 1 aromatic heterocycles. The van der Waals surface area contributed by atoms with E-state index in [-0.39, 0.29) is 6.03 Å². The fourth-order valence-corrected chi connectivity index (χ4v) is 2.83. The highest BCUT2D eigenvalue weighted by molar-refractivity contribution is 7.13. The van der Waals surface area contributed by atoms with Gasteiger partial charge in [-0.05, 0) is 54.0 Å². The highest BCUT2D eigenvalue weighted by Crippen LogP contribution is 2.29. The van der Waals surface area contributed by atoms with Gasteiger partial charge in [-0.3, -0.25) is 5.32 Å². The van der Waals surface area contributed by atoms with Crippen LogP contribution in [0.2, 0.25) is 5.02 Å². The highest BCUT2D eigenvalue weighted by atomic mass is 35.5. The Hall–Kier alpha value is -2.31. The molecule has 0 aliphatic heterocycles. The lowest BCUT2D eigenvalue weighted by atomic mass is 10.2. The molecule has 0 aliphatic rings. The van der Waals surface area contributed by atoms with Gasteiger partial charge in [0.25, 0.3) is 0 Å². The van der Waals surface area contributed by atoms with E-state index in [2.05, 4.69) is 15.0 Å². The Morgan fingerprint density at radius 3 is 2.68 bits per heavy atom. The van der Waals surface area contributed by atoms with Crippen molar-refractivity contribution in [1.82, 2.24) is 4.37 Å². The molecule has 0 saturated heterocycles. The summed E-state index contributed by atoms with van der Waals surface area (Å²) in [5, 5.41) is 6.89. The van der Waals surface area contributed by atoms with E-state index in [4.69, 9.17) is 16.3 Å². The molecule has 22 heavy (non-hydrogen) atoms. The van der Waals surface area contributed by atoms with E-state index in [1.54, 1.807) is 43.5 Å². The number of carbonyl (C=O) groups excluding carboxylic acids is 1. The number of aromatic nitrogens is 1. The number of nitrogens with zero attached hydrogens (tertiary/aromatic N) is 1. The lowest BCUT2D eigenvalue weighted by Crippen LogP contribution is -2.19. The largest absolute Gasteiger partial charge is 0.497 e. The van der Waals surface area contributed by atoms with Gasteiger partial charge < -0.3 is 10.1 Å². The van der Waals surface area contributed by atoms with Crippen LogP contribution in [0.15, 0.2) is 42.5 Å². The van der Waals surface area contributed by atoms with Gasteiger partial charge in [0.05, 0.1) is 11.8 Å². The van der Waals surface area contributed by atoms with Gasteiger partial charge in [0.1, 0.15) is 5.75 Å². The Kier molecular flexibility index (Phi) is 4.13. The van der Waals surface area contributed by atoms with Crippen molar-refractivity contribution in [3.8, 4) is 5.75 Å². The third-order valence-electron chi connectivity index (χ3n) is 3.01. The van der Waals surface area contributed by atoms with E-state index in [1.807, 2.05) is 6.07 Å². The van der Waals surface area contributed by atoms with Gasteiger partial charge in [0.2, 0.25) is 0 Å². The van der Waals surface area contributed by atoms with Crippen molar-refractivity contribution in [2.75, 3.05) is 17.7 Å². The van der Waals surface area contributed by atoms with Crippen molar-refractivity contribution in [3.63, 3.8) is 0 Å². The molecule has 0 fully saturated rings. The molecule has 3 aromatic rings. The van der Waals surface area contributed by atoms with Gasteiger partial charge in [-0.25, -0.2) is 4.79 Å². The zero-order chi connectivity index (χ0) is 15.5. The maximum Gasteiger partial charge on any atom is 0.324 e. The molecule has 112 valence electrons. The minimum absolute atomic E-state index is 0.364. The molecular formula is C15H12ClN3O2S. The molecular weight excluding hydrogens is 322 g/mol. The van der Waals surface area contributed by atoms with Crippen LogP contribution in [-0.2, 0) is 0 Å². The zero-order valence-electron chi connectivity index (χ0n) is 11.6. The van der Waals surface area contributed by atoms with Crippen LogP contribution < -0.4 is 15.4 Å². The van der Waals surface area contributed by atoms with Crippen molar-refractivity contribution >= 4 is 50.8 Å². The Bertz CT molecular complexity index is 817. The maximum atomic E-state index is 12.0. The first-order chi connectivity index (χ1) is 10.7. The lowest BCUT2D eigenvalue weighted by molar-refractivity contribution is 0.262. The molecule has 0 unspecified atom stereocenters. The number of ether oxygens (including phenoxy) is 1. The number of rotatable bonds is 3. The monoisotopic (exact) mass is 333 g/mol. The number of nitrogens with one attached hydrogen (secondary N) is 2. The molecule has 3 rings (SSSR count). The smallest absolute Gasteiger partial charge is 0.324 e. The van der Waals surface area contributed by atoms with E-state index >= 15 is 0 Å². The highest BCUT2D eigenvalue weighted by Gasteiger charge is 2.10. The first-order valence-electron chi connectivity index (χ1n) is 6.43. The Morgan fingerprint density at radius 2 is 1.95 bits per heavy atom. The number of benzene rings is 2. The number of urea groups is 1. The van der Waals surface area contributed by atoms with Crippen LogP contribution in [0.4, 0.5) is 16.3 Å². The van der Waals surface area contributed by atoms with Crippen molar-refractivity contribution < 1.29 is 9.53 Å². The summed E-state index contributed by atoms with van der Waals surface area (Å²) < 4.78 is 10.3. The summed E-state index contributed by atoms with van der Waals surface area (Å²) in [5.74, 6) is 1.22. The summed E-state index contributed by atoms with van der Waals surface area (Å²) in [4.78, 5) is 12.0. The quantitative estimate of drug-likeness (QED) is 0.736. The Morgan fingerprint density at radius 1 is 1.18 bits per heavy atom. The standard InChI is InChI=1S/C15H12ClN3O2S/c1-21-11-5-3-10(4-6-11)17-15(20)18-14-12-8-9(16)2-7-13(12)22-19-14/h2-8H,1H3,(H2,17,18,19,20). The van der Waals surface area contributed by atoms with E-state index in [0.717, 1.165) is 15.8 Å². The van der Waals surface area contributed by atoms with E-state index < -0.39 is 0 Å². The number of methoxy groups -OCH3 is 1.